The number of carbonyl (C=O) groups is 1. The molecule has 3 N–H and O–H groups in total. The third-order valence-electron chi connectivity index (χ3n) is 3.98. The number of H-pyrrole nitrogens is 1. The Morgan fingerprint density at radius 2 is 2.17 bits per heavy atom. The Hall–Kier alpha value is -1.54. The van der Waals surface area contributed by atoms with Gasteiger partial charge in [-0.1, -0.05) is 47.0 Å². The van der Waals surface area contributed by atoms with Crippen LogP contribution in [0.2, 0.25) is 0 Å². The van der Waals surface area contributed by atoms with Crippen molar-refractivity contribution in [2.75, 3.05) is 5.75 Å². The molecular weight excluding hydrogens is 392 g/mol. The van der Waals surface area contributed by atoms with Gasteiger partial charge in [-0.15, -0.1) is 5.10 Å². The fourth-order valence-electron chi connectivity index (χ4n) is 2.78. The molecule has 128 valence electrons. The second-order valence-corrected chi connectivity index (χ2v) is 7.68. The maximum Gasteiger partial charge on any atom is 0.230 e. The number of aromatic amines is 1. The molecule has 8 heteroatoms. The molecule has 0 spiro atoms. The quantitative estimate of drug-likeness (QED) is 0.656. The molecule has 0 radical (unpaired) electrons. The Bertz CT molecular complexity index is 716. The molecule has 0 bridgehead atoms. The molecule has 1 fully saturated rings. The highest BCUT2D eigenvalue weighted by atomic mass is 79.9. The van der Waals surface area contributed by atoms with Crippen LogP contribution in [0.4, 0.5) is 0 Å². The van der Waals surface area contributed by atoms with Crippen LogP contribution < -0.4 is 5.32 Å². The zero-order chi connectivity index (χ0) is 16.9. The first-order valence-corrected chi connectivity index (χ1v) is 9.73. The lowest BCUT2D eigenvalue weighted by Gasteiger charge is -2.22. The van der Waals surface area contributed by atoms with Gasteiger partial charge in [-0.05, 0) is 31.0 Å². The van der Waals surface area contributed by atoms with Crippen LogP contribution in [0.25, 0.3) is 11.4 Å². The summed E-state index contributed by atoms with van der Waals surface area (Å²) in [6.07, 6.45) is 5.80. The molecule has 1 saturated carbocycles. The molecule has 6 nitrogen and oxygen atoms in total. The second kappa shape index (κ2) is 8.02. The number of thioether (sulfide) groups is 1. The summed E-state index contributed by atoms with van der Waals surface area (Å²) in [7, 11) is 0. The Labute approximate surface area is 153 Å². The van der Waals surface area contributed by atoms with Gasteiger partial charge in [0.25, 0.3) is 0 Å². The smallest absolute Gasteiger partial charge is 0.230 e. The Kier molecular flexibility index (Phi) is 5.78. The molecular formula is C16H19BrN4O2S. The van der Waals surface area contributed by atoms with Gasteiger partial charge >= 0.3 is 0 Å². The minimum absolute atomic E-state index is 0.0172. The SMILES string of the molecule is O=C(CSc1n[nH]c(-c2cc(Br)ccc2O)n1)NC1CCCCC1. The van der Waals surface area contributed by atoms with Gasteiger partial charge in [-0.2, -0.15) is 0 Å². The minimum Gasteiger partial charge on any atom is -0.507 e. The molecule has 1 aromatic carbocycles. The van der Waals surface area contributed by atoms with Crippen molar-refractivity contribution in [1.82, 2.24) is 20.5 Å². The van der Waals surface area contributed by atoms with Crippen LogP contribution in [-0.2, 0) is 4.79 Å². The highest BCUT2D eigenvalue weighted by molar-refractivity contribution is 9.10. The molecule has 1 aliphatic rings. The van der Waals surface area contributed by atoms with Crippen LogP contribution in [0, 0.1) is 0 Å². The highest BCUT2D eigenvalue weighted by Crippen LogP contribution is 2.30. The number of phenolic OH excluding ortho intramolecular Hbond substituents is 1. The Morgan fingerprint density at radius 3 is 2.96 bits per heavy atom. The largest absolute Gasteiger partial charge is 0.507 e. The highest BCUT2D eigenvalue weighted by Gasteiger charge is 2.17. The molecule has 3 rings (SSSR count). The second-order valence-electron chi connectivity index (χ2n) is 5.82. The number of aromatic nitrogens is 3. The van der Waals surface area contributed by atoms with E-state index in [-0.39, 0.29) is 17.4 Å². The average molecular weight is 411 g/mol. The molecule has 1 heterocycles. The van der Waals surface area contributed by atoms with Gasteiger partial charge < -0.3 is 10.4 Å². The van der Waals surface area contributed by atoms with E-state index in [9.17, 15) is 9.90 Å². The molecule has 1 aromatic heterocycles. The van der Waals surface area contributed by atoms with Crippen molar-refractivity contribution in [3.8, 4) is 17.1 Å². The summed E-state index contributed by atoms with van der Waals surface area (Å²) in [6.45, 7) is 0. The first-order chi connectivity index (χ1) is 11.6. The average Bonchev–Trinajstić information content (AvgIpc) is 3.05. The van der Waals surface area contributed by atoms with E-state index in [1.165, 1.54) is 31.0 Å². The fraction of sp³-hybridized carbons (Fsp3) is 0.438. The molecule has 24 heavy (non-hydrogen) atoms. The van der Waals surface area contributed by atoms with E-state index in [4.69, 9.17) is 0 Å². The molecule has 0 atom stereocenters. The zero-order valence-electron chi connectivity index (χ0n) is 13.1. The van der Waals surface area contributed by atoms with Gasteiger partial charge in [0.2, 0.25) is 11.1 Å². The van der Waals surface area contributed by atoms with Crippen LogP contribution in [0.3, 0.4) is 0 Å². The zero-order valence-corrected chi connectivity index (χ0v) is 15.5. The van der Waals surface area contributed by atoms with Crippen LogP contribution in [0.15, 0.2) is 27.8 Å². The topological polar surface area (TPSA) is 90.9 Å². The monoisotopic (exact) mass is 410 g/mol. The third kappa shape index (κ3) is 4.51. The summed E-state index contributed by atoms with van der Waals surface area (Å²) in [5.74, 6) is 0.909. The lowest BCUT2D eigenvalue weighted by molar-refractivity contribution is -0.119. The number of aromatic hydroxyl groups is 1. The van der Waals surface area contributed by atoms with Gasteiger partial charge in [-0.25, -0.2) is 4.98 Å². The first-order valence-electron chi connectivity index (χ1n) is 7.95. The summed E-state index contributed by atoms with van der Waals surface area (Å²) in [6, 6.07) is 5.42. The summed E-state index contributed by atoms with van der Waals surface area (Å²) in [5.41, 5.74) is 0.565. The normalized spacial score (nSPS) is 15.4. The summed E-state index contributed by atoms with van der Waals surface area (Å²) in [5, 5.41) is 20.4. The van der Waals surface area contributed by atoms with Gasteiger partial charge in [0.15, 0.2) is 5.82 Å². The Balaban J connectivity index is 1.56. The third-order valence-corrected chi connectivity index (χ3v) is 5.32. The van der Waals surface area contributed by atoms with E-state index in [0.29, 0.717) is 22.6 Å². The summed E-state index contributed by atoms with van der Waals surface area (Å²) < 4.78 is 0.841. The number of amides is 1. The van der Waals surface area contributed by atoms with Crippen molar-refractivity contribution in [3.05, 3.63) is 22.7 Å². The van der Waals surface area contributed by atoms with E-state index in [0.717, 1.165) is 17.3 Å². The van der Waals surface area contributed by atoms with Gasteiger partial charge in [0.05, 0.1) is 11.3 Å². The van der Waals surface area contributed by atoms with Crippen molar-refractivity contribution in [3.63, 3.8) is 0 Å². The van der Waals surface area contributed by atoms with Crippen LogP contribution in [0.5, 0.6) is 5.75 Å². The number of nitrogens with one attached hydrogen (secondary N) is 2. The van der Waals surface area contributed by atoms with Crippen LogP contribution >= 0.6 is 27.7 Å². The number of halogens is 1. The van der Waals surface area contributed by atoms with Crippen LogP contribution in [0.1, 0.15) is 32.1 Å². The molecule has 0 saturated heterocycles. The van der Waals surface area contributed by atoms with Crippen LogP contribution in [-0.4, -0.2) is 38.0 Å². The molecule has 1 aliphatic carbocycles. The predicted molar refractivity (Wildman–Crippen MR) is 96.9 cm³/mol. The number of rotatable bonds is 5. The molecule has 0 unspecified atom stereocenters. The standard InChI is InChI=1S/C16H19BrN4O2S/c17-10-6-7-13(22)12(8-10)15-19-16(21-20-15)24-9-14(23)18-11-4-2-1-3-5-11/h6-8,11,22H,1-5,9H2,(H,18,23)(H,19,20,21). The van der Waals surface area contributed by atoms with Gasteiger partial charge in [0.1, 0.15) is 5.75 Å². The number of carbonyl (C=O) groups excluding carboxylic acids is 1. The summed E-state index contributed by atoms with van der Waals surface area (Å²) in [4.78, 5) is 16.4. The lowest BCUT2D eigenvalue weighted by Crippen LogP contribution is -2.37. The maximum absolute atomic E-state index is 12.0. The number of phenols is 1. The number of hydrogen-bond acceptors (Lipinski definition) is 5. The first kappa shape index (κ1) is 17.3. The maximum atomic E-state index is 12.0. The van der Waals surface area contributed by atoms with Gasteiger partial charge in [0, 0.05) is 10.5 Å². The number of hydrogen-bond donors (Lipinski definition) is 3. The minimum atomic E-state index is 0.0172. The van der Waals surface area contributed by atoms with Gasteiger partial charge in [-0.3, -0.25) is 9.89 Å². The van der Waals surface area contributed by atoms with E-state index < -0.39 is 0 Å². The van der Waals surface area contributed by atoms with Crippen molar-refractivity contribution in [1.29, 1.82) is 0 Å². The lowest BCUT2D eigenvalue weighted by atomic mass is 9.95. The molecule has 0 aliphatic heterocycles. The number of nitrogens with zero attached hydrogens (tertiary/aromatic N) is 2. The van der Waals surface area contributed by atoms with E-state index >= 15 is 0 Å². The number of benzene rings is 1. The van der Waals surface area contributed by atoms with E-state index in [1.807, 2.05) is 0 Å². The molecule has 2 aromatic rings. The van der Waals surface area contributed by atoms with Crippen molar-refractivity contribution in [2.45, 2.75) is 43.3 Å². The van der Waals surface area contributed by atoms with E-state index in [2.05, 4.69) is 36.4 Å². The van der Waals surface area contributed by atoms with Crippen molar-refractivity contribution >= 4 is 33.6 Å². The Morgan fingerprint density at radius 1 is 1.38 bits per heavy atom. The molecule has 1 amide bonds. The predicted octanol–water partition coefficient (Wildman–Crippen LogP) is 3.48. The van der Waals surface area contributed by atoms with Crippen molar-refractivity contribution in [2.24, 2.45) is 0 Å². The summed E-state index contributed by atoms with van der Waals surface area (Å²) >= 11 is 4.65. The fourth-order valence-corrected chi connectivity index (χ4v) is 3.75. The van der Waals surface area contributed by atoms with E-state index in [1.54, 1.807) is 18.2 Å². The van der Waals surface area contributed by atoms with Crippen molar-refractivity contribution < 1.29 is 9.90 Å².